The summed E-state index contributed by atoms with van der Waals surface area (Å²) in [6, 6.07) is -1.69. The van der Waals surface area contributed by atoms with Crippen LogP contribution < -0.4 is 25.8 Å². The van der Waals surface area contributed by atoms with E-state index in [-0.39, 0.29) is 18.6 Å². The Morgan fingerprint density at radius 3 is 1.49 bits per heavy atom. The molecule has 22 nitrogen and oxygen atoms in total. The lowest BCUT2D eigenvalue weighted by Crippen LogP contribution is -2.59. The largest absolute Gasteiger partial charge is 0.524 e. The maximum atomic E-state index is 13.5. The molecule has 1 aromatic rings. The van der Waals surface area contributed by atoms with Crippen LogP contribution in [-0.4, -0.2) is 113 Å². The molecule has 6 atom stereocenters. The molecule has 4 amide bonds. The molecule has 1 aromatic carbocycles. The van der Waals surface area contributed by atoms with Gasteiger partial charge in [0.05, 0.1) is 12.3 Å². The van der Waals surface area contributed by atoms with E-state index >= 15 is 0 Å². The molecule has 55 heavy (non-hydrogen) atoms. The van der Waals surface area contributed by atoms with Crippen molar-refractivity contribution in [1.29, 1.82) is 0 Å². The molecular weight excluding hydrogens is 759 g/mol. The van der Waals surface area contributed by atoms with Crippen LogP contribution in [0.5, 0.6) is 5.75 Å². The fraction of sp³-hybridized carbons (Fsp3) is 0.531. The number of hydrogen-bond acceptors (Lipinski definition) is 11. The first-order chi connectivity index (χ1) is 25.5. The van der Waals surface area contributed by atoms with Gasteiger partial charge in [0.1, 0.15) is 29.9 Å². The van der Waals surface area contributed by atoms with Crippen LogP contribution in [0.4, 0.5) is 0 Å². The maximum Gasteiger partial charge on any atom is 0.524 e. The van der Waals surface area contributed by atoms with E-state index in [4.69, 9.17) is 14.9 Å². The molecule has 0 aliphatic rings. The van der Waals surface area contributed by atoms with Crippen LogP contribution in [0.15, 0.2) is 24.3 Å². The van der Waals surface area contributed by atoms with Crippen LogP contribution in [0.25, 0.3) is 0 Å². The highest BCUT2D eigenvalue weighted by molar-refractivity contribution is 7.46. The van der Waals surface area contributed by atoms with Crippen molar-refractivity contribution >= 4 is 61.3 Å². The Labute approximate surface area is 313 Å². The summed E-state index contributed by atoms with van der Waals surface area (Å²) in [5.41, 5.74) is 0.299. The molecule has 0 aromatic heterocycles. The average Bonchev–Trinajstić information content (AvgIpc) is 3.07. The zero-order valence-electron chi connectivity index (χ0n) is 29.7. The van der Waals surface area contributed by atoms with E-state index in [1.165, 1.54) is 19.1 Å². The van der Waals surface area contributed by atoms with E-state index in [9.17, 15) is 68.1 Å². The predicted molar refractivity (Wildman–Crippen MR) is 184 cm³/mol. The molecule has 0 fully saturated rings. The number of phosphoric acid groups is 1. The zero-order chi connectivity index (χ0) is 42.0. The Balaban J connectivity index is 3.34. The fourth-order valence-electron chi connectivity index (χ4n) is 4.95. The minimum Gasteiger partial charge on any atom is -0.481 e. The highest BCUT2D eigenvalue weighted by Crippen LogP contribution is 2.37. The summed E-state index contributed by atoms with van der Waals surface area (Å²) >= 11 is 0. The quantitative estimate of drug-likeness (QED) is 0.0524. The monoisotopic (exact) mass is 804 g/mol. The Morgan fingerprint density at radius 2 is 1.07 bits per heavy atom. The number of hydrogen-bond donors (Lipinski definition) is 11. The second-order valence-electron chi connectivity index (χ2n) is 12.4. The number of phosphoric ester groups is 1. The number of aliphatic carboxylic acids is 5. The van der Waals surface area contributed by atoms with Crippen molar-refractivity contribution in [3.8, 4) is 5.75 Å². The zero-order valence-corrected chi connectivity index (χ0v) is 30.6. The number of rotatable bonds is 26. The lowest BCUT2D eigenvalue weighted by Gasteiger charge is -2.28. The first-order valence-electron chi connectivity index (χ1n) is 16.7. The molecule has 0 spiro atoms. The Bertz CT molecular complexity index is 1610. The molecule has 23 heteroatoms. The van der Waals surface area contributed by atoms with E-state index in [1.807, 2.05) is 0 Å². The highest BCUT2D eigenvalue weighted by atomic mass is 31.2. The summed E-state index contributed by atoms with van der Waals surface area (Å²) in [7, 11) is -4.89. The lowest BCUT2D eigenvalue weighted by molar-refractivity contribution is -0.144. The first kappa shape index (κ1) is 47.4. The summed E-state index contributed by atoms with van der Waals surface area (Å²) in [6.45, 7) is 3.14. The topological polar surface area (TPSA) is 370 Å². The molecule has 0 bridgehead atoms. The molecular formula is C32H45N4O18P. The van der Waals surface area contributed by atoms with E-state index in [0.717, 1.165) is 12.1 Å². The number of carboxylic acid groups (broad SMARTS) is 5. The van der Waals surface area contributed by atoms with Crippen molar-refractivity contribution in [3.05, 3.63) is 29.8 Å². The van der Waals surface area contributed by atoms with Gasteiger partial charge in [0, 0.05) is 19.3 Å². The van der Waals surface area contributed by atoms with Crippen LogP contribution in [0.3, 0.4) is 0 Å². The smallest absolute Gasteiger partial charge is 0.481 e. The van der Waals surface area contributed by atoms with Gasteiger partial charge >= 0.3 is 37.7 Å². The van der Waals surface area contributed by atoms with Crippen molar-refractivity contribution in [2.24, 2.45) is 11.8 Å². The summed E-state index contributed by atoms with van der Waals surface area (Å²) in [5.74, 6) is -13.8. The van der Waals surface area contributed by atoms with Crippen LogP contribution >= 0.6 is 7.82 Å². The molecule has 0 unspecified atom stereocenters. The SMILES string of the molecule is CC[C@H](C)[C@@H](NC(=O)[C@H](CCC(=O)O)NC(=O)[C@H](CCC(=O)O)NC(=O)[C@@H](CC(=O)O)Cc1ccc(OP(=O)(O)O)cc1)C(=O)N[C@@H](CCC(=O)O)C(=O)O. The average molecular weight is 805 g/mol. The summed E-state index contributed by atoms with van der Waals surface area (Å²) in [6.07, 6.45) is -4.53. The predicted octanol–water partition coefficient (Wildman–Crippen LogP) is -0.544. The van der Waals surface area contributed by atoms with Crippen molar-refractivity contribution < 1.29 is 87.6 Å². The number of carboxylic acids is 5. The number of nitrogens with one attached hydrogen (secondary N) is 4. The van der Waals surface area contributed by atoms with E-state index in [0.29, 0.717) is 5.56 Å². The highest BCUT2D eigenvalue weighted by Gasteiger charge is 2.35. The minimum absolute atomic E-state index is 0.237. The Kier molecular flexibility index (Phi) is 19.5. The third-order valence-electron chi connectivity index (χ3n) is 8.04. The molecule has 306 valence electrons. The van der Waals surface area contributed by atoms with Gasteiger partial charge < -0.3 is 51.3 Å². The number of amides is 4. The number of benzene rings is 1. The molecule has 0 heterocycles. The fourth-order valence-corrected chi connectivity index (χ4v) is 5.35. The number of carbonyl (C=O) groups is 9. The molecule has 0 saturated carbocycles. The van der Waals surface area contributed by atoms with Crippen LogP contribution in [0, 0.1) is 11.8 Å². The summed E-state index contributed by atoms with van der Waals surface area (Å²) in [4.78, 5) is 129. The molecule has 0 aliphatic heterocycles. The van der Waals surface area contributed by atoms with Crippen molar-refractivity contribution in [2.45, 2.75) is 95.8 Å². The van der Waals surface area contributed by atoms with Crippen molar-refractivity contribution in [2.75, 3.05) is 0 Å². The molecule has 0 radical (unpaired) electrons. The van der Waals surface area contributed by atoms with E-state index < -0.39 is 142 Å². The van der Waals surface area contributed by atoms with Gasteiger partial charge in [-0.05, 0) is 49.3 Å². The van der Waals surface area contributed by atoms with Gasteiger partial charge in [0.2, 0.25) is 23.6 Å². The third-order valence-corrected chi connectivity index (χ3v) is 8.48. The van der Waals surface area contributed by atoms with E-state index in [1.54, 1.807) is 6.92 Å². The Morgan fingerprint density at radius 1 is 0.636 bits per heavy atom. The summed E-state index contributed by atoms with van der Waals surface area (Å²) in [5, 5.41) is 55.5. The van der Waals surface area contributed by atoms with Gasteiger partial charge in [-0.3, -0.25) is 48.1 Å². The number of carbonyl (C=O) groups excluding carboxylic acids is 4. The summed E-state index contributed by atoms with van der Waals surface area (Å²) < 4.78 is 15.5. The third kappa shape index (κ3) is 18.8. The maximum absolute atomic E-state index is 13.5. The van der Waals surface area contributed by atoms with Gasteiger partial charge in [-0.15, -0.1) is 0 Å². The van der Waals surface area contributed by atoms with E-state index in [2.05, 4.69) is 25.8 Å². The van der Waals surface area contributed by atoms with Gasteiger partial charge in [-0.25, -0.2) is 9.36 Å². The van der Waals surface area contributed by atoms with Crippen LogP contribution in [-0.2, 0) is 54.1 Å². The molecule has 0 saturated heterocycles. The normalized spacial score (nSPS) is 14.4. The van der Waals surface area contributed by atoms with Crippen LogP contribution in [0.2, 0.25) is 0 Å². The molecule has 1 rings (SSSR count). The minimum atomic E-state index is -4.89. The first-order valence-corrected chi connectivity index (χ1v) is 18.2. The standard InChI is InChI=1S/C32H45N4O18P/c1-3-16(2)27(31(48)35-22(32(49)50)10-13-25(41)42)36-30(47)21(9-12-24(39)40)34-29(46)20(8-11-23(37)38)33-28(45)18(15-26(43)44)14-17-4-6-19(7-5-17)54-55(51,52)53/h4-7,16,18,20-22,27H,3,8-15H2,1-2H3,(H,33,45)(H,34,46)(H,35,48)(H,36,47)(H,37,38)(H,39,40)(H,41,42)(H,43,44)(H,49,50)(H2,51,52,53)/t16-,18+,20-,21-,22-,27+/m0/s1. The Hall–Kier alpha value is -5.60. The van der Waals surface area contributed by atoms with Gasteiger partial charge in [0.25, 0.3) is 0 Å². The lowest BCUT2D eigenvalue weighted by atomic mass is 9.94. The van der Waals surface area contributed by atoms with Crippen LogP contribution in [0.1, 0.15) is 70.8 Å². The van der Waals surface area contributed by atoms with Gasteiger partial charge in [0.15, 0.2) is 0 Å². The van der Waals surface area contributed by atoms with Crippen molar-refractivity contribution in [3.63, 3.8) is 0 Å². The second kappa shape index (κ2) is 22.6. The molecule has 11 N–H and O–H groups in total. The van der Waals surface area contributed by atoms with Crippen molar-refractivity contribution in [1.82, 2.24) is 21.3 Å². The van der Waals surface area contributed by atoms with Gasteiger partial charge in [-0.1, -0.05) is 32.4 Å². The van der Waals surface area contributed by atoms with Gasteiger partial charge in [-0.2, -0.15) is 0 Å². The second-order valence-corrected chi connectivity index (χ2v) is 13.6. The molecule has 0 aliphatic carbocycles.